The van der Waals surface area contributed by atoms with Crippen molar-refractivity contribution in [3.8, 4) is 5.75 Å². The summed E-state index contributed by atoms with van der Waals surface area (Å²) in [5.74, 6) is -0.857. The lowest BCUT2D eigenvalue weighted by molar-refractivity contribution is -0.120. The SMILES string of the molecule is CCOc1cccc(N2C(=O)C(Nc3cccc4ccccc34)=C(c3ccc(F)cc3)C2=O)c1. The van der Waals surface area contributed by atoms with Gasteiger partial charge in [0.05, 0.1) is 17.9 Å². The van der Waals surface area contributed by atoms with Gasteiger partial charge in [-0.25, -0.2) is 9.29 Å². The Kier molecular flexibility index (Phi) is 5.55. The van der Waals surface area contributed by atoms with E-state index in [9.17, 15) is 14.0 Å². The van der Waals surface area contributed by atoms with Gasteiger partial charge in [0.2, 0.25) is 0 Å². The topological polar surface area (TPSA) is 58.6 Å². The molecule has 0 fully saturated rings. The number of imide groups is 1. The van der Waals surface area contributed by atoms with Crippen LogP contribution in [0.1, 0.15) is 12.5 Å². The first-order valence-electron chi connectivity index (χ1n) is 10.9. The average molecular weight is 452 g/mol. The van der Waals surface area contributed by atoms with E-state index >= 15 is 0 Å². The summed E-state index contributed by atoms with van der Waals surface area (Å²) >= 11 is 0. The second-order valence-corrected chi connectivity index (χ2v) is 7.78. The molecule has 1 aliphatic rings. The Morgan fingerprint density at radius 3 is 2.38 bits per heavy atom. The zero-order valence-corrected chi connectivity index (χ0v) is 18.4. The summed E-state index contributed by atoms with van der Waals surface area (Å²) in [5, 5.41) is 5.11. The molecule has 6 heteroatoms. The Morgan fingerprint density at radius 1 is 0.853 bits per heavy atom. The summed E-state index contributed by atoms with van der Waals surface area (Å²) < 4.78 is 19.2. The quantitative estimate of drug-likeness (QED) is 0.377. The summed E-state index contributed by atoms with van der Waals surface area (Å²) in [6, 6.07) is 25.9. The summed E-state index contributed by atoms with van der Waals surface area (Å²) in [6.07, 6.45) is 0. The van der Waals surface area contributed by atoms with Gasteiger partial charge in [0.25, 0.3) is 11.8 Å². The van der Waals surface area contributed by atoms with Crippen LogP contribution < -0.4 is 15.0 Å². The number of fused-ring (bicyclic) bond motifs is 1. The molecule has 5 nitrogen and oxygen atoms in total. The van der Waals surface area contributed by atoms with Crippen molar-refractivity contribution < 1.29 is 18.7 Å². The van der Waals surface area contributed by atoms with Gasteiger partial charge in [-0.15, -0.1) is 0 Å². The van der Waals surface area contributed by atoms with E-state index < -0.39 is 17.6 Å². The Labute approximate surface area is 196 Å². The lowest BCUT2D eigenvalue weighted by Gasteiger charge is -2.17. The highest BCUT2D eigenvalue weighted by Gasteiger charge is 2.40. The number of anilines is 2. The maximum Gasteiger partial charge on any atom is 0.282 e. The number of nitrogens with zero attached hydrogens (tertiary/aromatic N) is 1. The first kappa shape index (κ1) is 21.4. The fourth-order valence-electron chi connectivity index (χ4n) is 4.11. The van der Waals surface area contributed by atoms with E-state index in [0.29, 0.717) is 29.3 Å². The molecule has 0 radical (unpaired) electrons. The third-order valence-electron chi connectivity index (χ3n) is 5.65. The van der Waals surface area contributed by atoms with Crippen LogP contribution >= 0.6 is 0 Å². The molecule has 0 aromatic heterocycles. The van der Waals surface area contributed by atoms with Crippen molar-refractivity contribution in [2.75, 3.05) is 16.8 Å². The van der Waals surface area contributed by atoms with Crippen LogP contribution in [-0.4, -0.2) is 18.4 Å². The number of hydrogen-bond donors (Lipinski definition) is 1. The molecular formula is C28H21FN2O3. The molecule has 1 N–H and O–H groups in total. The number of ether oxygens (including phenoxy) is 1. The van der Waals surface area contributed by atoms with Crippen LogP contribution in [0, 0.1) is 5.82 Å². The number of rotatable bonds is 6. The number of carbonyl (C=O) groups is 2. The minimum Gasteiger partial charge on any atom is -0.494 e. The molecular weight excluding hydrogens is 431 g/mol. The van der Waals surface area contributed by atoms with Gasteiger partial charge in [-0.05, 0) is 48.2 Å². The molecule has 168 valence electrons. The fraction of sp³-hybridized carbons (Fsp3) is 0.0714. The van der Waals surface area contributed by atoms with Crippen molar-refractivity contribution >= 4 is 39.5 Å². The Morgan fingerprint density at radius 2 is 1.59 bits per heavy atom. The standard InChI is InChI=1S/C28H21FN2O3/c1-2-34-22-10-6-9-21(17-22)31-27(32)25(19-13-15-20(29)16-14-19)26(28(31)33)30-24-12-5-8-18-7-3-4-11-23(18)24/h3-17,30H,2H2,1H3. The summed E-state index contributed by atoms with van der Waals surface area (Å²) in [7, 11) is 0. The average Bonchev–Trinajstić information content (AvgIpc) is 3.09. The van der Waals surface area contributed by atoms with Crippen molar-refractivity contribution in [3.63, 3.8) is 0 Å². The molecule has 5 rings (SSSR count). The highest BCUT2D eigenvalue weighted by molar-refractivity contribution is 6.46. The van der Waals surface area contributed by atoms with Crippen molar-refractivity contribution in [1.82, 2.24) is 0 Å². The Bertz CT molecular complexity index is 1440. The summed E-state index contributed by atoms with van der Waals surface area (Å²) in [6.45, 7) is 2.32. The Balaban J connectivity index is 1.63. The monoisotopic (exact) mass is 452 g/mol. The number of halogens is 1. The number of amides is 2. The number of benzene rings is 4. The number of hydrogen-bond acceptors (Lipinski definition) is 4. The highest BCUT2D eigenvalue weighted by atomic mass is 19.1. The second kappa shape index (κ2) is 8.83. The van der Waals surface area contributed by atoms with Crippen molar-refractivity contribution in [2.45, 2.75) is 6.92 Å². The normalized spacial score (nSPS) is 13.6. The maximum atomic E-state index is 13.6. The van der Waals surface area contributed by atoms with Gasteiger partial charge in [-0.2, -0.15) is 0 Å². The smallest absolute Gasteiger partial charge is 0.282 e. The first-order chi connectivity index (χ1) is 16.6. The predicted octanol–water partition coefficient (Wildman–Crippen LogP) is 5.77. The molecule has 1 heterocycles. The van der Waals surface area contributed by atoms with E-state index in [4.69, 9.17) is 4.74 Å². The number of nitrogens with one attached hydrogen (secondary N) is 1. The van der Waals surface area contributed by atoms with Gasteiger partial charge in [-0.1, -0.05) is 54.6 Å². The lowest BCUT2D eigenvalue weighted by Crippen LogP contribution is -2.32. The molecule has 4 aromatic rings. The van der Waals surface area contributed by atoms with Crippen LogP contribution in [0.3, 0.4) is 0 Å². The predicted molar refractivity (Wildman–Crippen MR) is 131 cm³/mol. The molecule has 0 spiro atoms. The van der Waals surface area contributed by atoms with Crippen molar-refractivity contribution in [1.29, 1.82) is 0 Å². The van der Waals surface area contributed by atoms with Crippen molar-refractivity contribution in [2.24, 2.45) is 0 Å². The van der Waals surface area contributed by atoms with E-state index in [1.165, 1.54) is 24.3 Å². The van der Waals surface area contributed by atoms with Gasteiger partial charge in [0, 0.05) is 17.1 Å². The minimum absolute atomic E-state index is 0.134. The zero-order valence-electron chi connectivity index (χ0n) is 18.4. The van der Waals surface area contributed by atoms with E-state index in [1.54, 1.807) is 24.3 Å². The summed E-state index contributed by atoms with van der Waals surface area (Å²) in [4.78, 5) is 28.4. The molecule has 2 amide bonds. The van der Waals surface area contributed by atoms with Crippen LogP contribution in [0.2, 0.25) is 0 Å². The van der Waals surface area contributed by atoms with E-state index in [1.807, 2.05) is 49.4 Å². The van der Waals surface area contributed by atoms with Gasteiger partial charge in [-0.3, -0.25) is 9.59 Å². The van der Waals surface area contributed by atoms with E-state index in [0.717, 1.165) is 15.7 Å². The molecule has 0 saturated heterocycles. The highest BCUT2D eigenvalue weighted by Crippen LogP contribution is 2.36. The lowest BCUT2D eigenvalue weighted by atomic mass is 10.0. The van der Waals surface area contributed by atoms with Crippen LogP contribution in [0.25, 0.3) is 16.3 Å². The molecule has 0 bridgehead atoms. The minimum atomic E-state index is -0.495. The molecule has 0 atom stereocenters. The maximum absolute atomic E-state index is 13.6. The van der Waals surface area contributed by atoms with Crippen LogP contribution in [0.4, 0.5) is 15.8 Å². The molecule has 1 aliphatic heterocycles. The van der Waals surface area contributed by atoms with E-state index in [2.05, 4.69) is 5.32 Å². The van der Waals surface area contributed by atoms with Gasteiger partial charge in [0.1, 0.15) is 17.3 Å². The van der Waals surface area contributed by atoms with Gasteiger partial charge in [0.15, 0.2) is 0 Å². The first-order valence-corrected chi connectivity index (χ1v) is 10.9. The molecule has 34 heavy (non-hydrogen) atoms. The van der Waals surface area contributed by atoms with Gasteiger partial charge < -0.3 is 10.1 Å². The fourth-order valence-corrected chi connectivity index (χ4v) is 4.11. The molecule has 0 unspecified atom stereocenters. The van der Waals surface area contributed by atoms with Crippen LogP contribution in [-0.2, 0) is 9.59 Å². The third kappa shape index (κ3) is 3.79. The molecule has 0 saturated carbocycles. The Hall–Kier alpha value is -4.45. The second-order valence-electron chi connectivity index (χ2n) is 7.78. The van der Waals surface area contributed by atoms with Gasteiger partial charge >= 0.3 is 0 Å². The van der Waals surface area contributed by atoms with Crippen molar-refractivity contribution in [3.05, 3.63) is 108 Å². The third-order valence-corrected chi connectivity index (χ3v) is 5.65. The largest absolute Gasteiger partial charge is 0.494 e. The summed E-state index contributed by atoms with van der Waals surface area (Å²) in [5.41, 5.74) is 1.86. The van der Waals surface area contributed by atoms with Crippen LogP contribution in [0.5, 0.6) is 5.75 Å². The molecule has 4 aromatic carbocycles. The zero-order chi connectivity index (χ0) is 23.7. The van der Waals surface area contributed by atoms with Crippen LogP contribution in [0.15, 0.2) is 96.7 Å². The molecule has 0 aliphatic carbocycles. The number of carbonyl (C=O) groups excluding carboxylic acids is 2. The van der Waals surface area contributed by atoms with E-state index in [-0.39, 0.29) is 11.3 Å².